The normalized spacial score (nSPS) is 20.8. The molecule has 2 amide bonds. The first-order valence-electron chi connectivity index (χ1n) is 16.7. The predicted octanol–water partition coefficient (Wildman–Crippen LogP) is 0.747. The summed E-state index contributed by atoms with van der Waals surface area (Å²) in [7, 11) is -14.2. The number of nitrogens with one attached hydrogen (secondary N) is 3. The van der Waals surface area contributed by atoms with Crippen LogP contribution in [0.25, 0.3) is 6.08 Å². The Morgan fingerprint density at radius 3 is 2.43 bits per heavy atom. The van der Waals surface area contributed by atoms with Crippen LogP contribution in [0.4, 0.5) is 0 Å². The van der Waals surface area contributed by atoms with Gasteiger partial charge >= 0.3 is 29.2 Å². The zero-order valence-electron chi connectivity index (χ0n) is 29.9. The molecular weight excluding hydrogens is 869 g/mol. The number of carbonyl (C=O) groups is 2. The predicted molar refractivity (Wildman–Crippen MR) is 208 cm³/mol. The molecule has 7 atom stereocenters. The molecule has 22 nitrogen and oxygen atoms in total. The topological polar surface area (TPSA) is 343 Å². The van der Waals surface area contributed by atoms with Crippen LogP contribution in [-0.2, 0) is 41.2 Å². The van der Waals surface area contributed by atoms with Crippen molar-refractivity contribution in [3.8, 4) is 0 Å². The van der Waals surface area contributed by atoms with Gasteiger partial charge in [-0.2, -0.15) is 20.4 Å². The maximum Gasteiger partial charge on any atom is 0.490 e. The van der Waals surface area contributed by atoms with Crippen molar-refractivity contribution >= 4 is 74.7 Å². The molecule has 1 aromatic heterocycles. The highest BCUT2D eigenvalue weighted by Gasteiger charge is 2.43. The molecule has 56 heavy (non-hydrogen) atoms. The van der Waals surface area contributed by atoms with Crippen LogP contribution in [0.2, 0.25) is 0 Å². The number of phosphoric ester groups is 1. The first kappa shape index (κ1) is 50.5. The summed E-state index contributed by atoms with van der Waals surface area (Å²) in [5.41, 5.74) is -1.77. The van der Waals surface area contributed by atoms with Crippen LogP contribution in [0, 0.1) is 0 Å². The summed E-state index contributed by atoms with van der Waals surface area (Å²) >= 11 is 1.42. The Morgan fingerprint density at radius 2 is 1.73 bits per heavy atom. The van der Waals surface area contributed by atoms with Crippen molar-refractivity contribution in [1.29, 1.82) is 0 Å². The third-order valence-corrected chi connectivity index (χ3v) is 14.3. The molecule has 4 unspecified atom stereocenters. The van der Waals surface area contributed by atoms with Crippen molar-refractivity contribution in [2.45, 2.75) is 69.7 Å². The standard InChI is InChI=1S/C28H47N4O18P3S3/c1-2-3-10-29-24(36)8-4-5-12-54-17-21(34)22(35)18-56-55-13-9-25(37)30-11-6-7-19-15-32(28(39)31-27(19)38)26-14-20(33)23(48-26)16-47-52(43,44)50-53(45,46)49-51(40,41)42/h4-7,15,20-23,26,33-35H,2-3,8-14,16-18H2,1H3,(H,29,36)(H,30,37)(H,43,44)(H,45,46)(H,31,38,39)(H2,40,41,42)/b5-4?,7-6+/t20-,21?,22?,23-,26-/m1/s1. The Hall–Kier alpha value is -1.60. The van der Waals surface area contributed by atoms with Crippen LogP contribution in [0.3, 0.4) is 0 Å². The number of hydrogen-bond donors (Lipinski definition) is 10. The molecule has 0 saturated carbocycles. The summed E-state index contributed by atoms with van der Waals surface area (Å²) in [6, 6.07) is 0. The molecular formula is C28H47N4O18P3S3. The number of amides is 2. The van der Waals surface area contributed by atoms with E-state index in [4.69, 9.17) is 14.5 Å². The second-order valence-corrected chi connectivity index (χ2v) is 19.8. The second-order valence-electron chi connectivity index (χ2n) is 11.7. The molecule has 1 fully saturated rings. The van der Waals surface area contributed by atoms with Gasteiger partial charge in [-0.15, -0.1) is 0 Å². The van der Waals surface area contributed by atoms with Gasteiger partial charge in [0.2, 0.25) is 11.8 Å². The Kier molecular flexibility index (Phi) is 22.7. The van der Waals surface area contributed by atoms with Crippen LogP contribution in [0.15, 0.2) is 34.0 Å². The summed E-state index contributed by atoms with van der Waals surface area (Å²) < 4.78 is 52.4. The quantitative estimate of drug-likeness (QED) is 0.0252. The van der Waals surface area contributed by atoms with Gasteiger partial charge in [-0.3, -0.25) is 28.5 Å². The molecule has 1 aliphatic rings. The molecule has 2 heterocycles. The number of hydrogen-bond acceptors (Lipinski definition) is 17. The highest BCUT2D eigenvalue weighted by Crippen LogP contribution is 2.66. The monoisotopic (exact) mass is 916 g/mol. The van der Waals surface area contributed by atoms with Gasteiger partial charge in [0.1, 0.15) is 12.3 Å². The molecule has 0 bridgehead atoms. The van der Waals surface area contributed by atoms with Crippen molar-refractivity contribution in [3.63, 3.8) is 0 Å². The summed E-state index contributed by atoms with van der Waals surface area (Å²) in [5.74, 6) is 1.21. The van der Waals surface area contributed by atoms with Gasteiger partial charge < -0.3 is 50.3 Å². The lowest BCUT2D eigenvalue weighted by molar-refractivity contribution is -0.121. The summed E-state index contributed by atoms with van der Waals surface area (Å²) in [6.45, 7) is 1.76. The van der Waals surface area contributed by atoms with Gasteiger partial charge in [0.25, 0.3) is 5.56 Å². The van der Waals surface area contributed by atoms with Gasteiger partial charge in [-0.05, 0) is 6.42 Å². The number of aliphatic hydroxyl groups excluding tert-OH is 3. The Balaban J connectivity index is 1.71. The van der Waals surface area contributed by atoms with E-state index in [1.165, 1.54) is 45.5 Å². The maximum absolute atomic E-state index is 12.5. The minimum absolute atomic E-state index is 0.0143. The minimum atomic E-state index is -5.77. The molecule has 0 spiro atoms. The highest BCUT2D eigenvalue weighted by molar-refractivity contribution is 8.76. The molecule has 10 N–H and O–H groups in total. The maximum atomic E-state index is 12.5. The molecule has 1 saturated heterocycles. The molecule has 0 aliphatic carbocycles. The second kappa shape index (κ2) is 25.1. The van der Waals surface area contributed by atoms with Gasteiger partial charge in [-0.1, -0.05) is 59.2 Å². The van der Waals surface area contributed by atoms with Gasteiger partial charge in [0.05, 0.1) is 30.5 Å². The fourth-order valence-corrected chi connectivity index (χ4v) is 10.4. The molecule has 0 radical (unpaired) electrons. The van der Waals surface area contributed by atoms with Crippen LogP contribution >= 0.6 is 56.8 Å². The number of thioether (sulfide) groups is 1. The number of phosphoric acid groups is 3. The minimum Gasteiger partial charge on any atom is -0.390 e. The van der Waals surface area contributed by atoms with E-state index in [1.54, 1.807) is 6.08 Å². The van der Waals surface area contributed by atoms with Crippen LogP contribution < -0.4 is 21.9 Å². The van der Waals surface area contributed by atoms with Crippen molar-refractivity contribution in [3.05, 3.63) is 50.8 Å². The first-order valence-corrected chi connectivity index (χ1v) is 24.9. The van der Waals surface area contributed by atoms with Gasteiger partial charge in [-0.25, -0.2) is 18.5 Å². The van der Waals surface area contributed by atoms with Crippen molar-refractivity contribution < 1.29 is 76.1 Å². The number of aromatic nitrogens is 2. The molecule has 0 aromatic carbocycles. The lowest BCUT2D eigenvalue weighted by Crippen LogP contribution is -2.33. The zero-order valence-corrected chi connectivity index (χ0v) is 35.0. The fraction of sp³-hybridized carbons (Fsp3) is 0.643. The lowest BCUT2D eigenvalue weighted by Gasteiger charge is -2.19. The van der Waals surface area contributed by atoms with E-state index in [1.807, 2.05) is 13.0 Å². The Bertz CT molecular complexity index is 1740. The number of H-pyrrole nitrogens is 1. The van der Waals surface area contributed by atoms with Crippen molar-refractivity contribution in [2.75, 3.05) is 42.7 Å². The van der Waals surface area contributed by atoms with Gasteiger partial charge in [0, 0.05) is 61.6 Å². The fourth-order valence-electron chi connectivity index (χ4n) is 4.31. The Labute approximate surface area is 333 Å². The molecule has 320 valence electrons. The largest absolute Gasteiger partial charge is 0.490 e. The van der Waals surface area contributed by atoms with E-state index in [0.29, 0.717) is 30.2 Å². The van der Waals surface area contributed by atoms with E-state index in [0.717, 1.165) is 23.6 Å². The SMILES string of the molecule is CCCCNC(=O)CC=CCSCC(O)C(O)CSSCCC(=O)NC/C=C/c1cn([C@H]2C[C@@H](O)[C@@H](COP(=O)(O)OP(=O)(O)OP(=O)(O)O)O2)c(=O)[nH]c1=O. The smallest absolute Gasteiger partial charge is 0.390 e. The van der Waals surface area contributed by atoms with Crippen molar-refractivity contribution in [2.24, 2.45) is 0 Å². The van der Waals surface area contributed by atoms with E-state index in [-0.39, 0.29) is 42.5 Å². The number of unbranched alkanes of at least 4 members (excludes halogenated alkanes) is 1. The third kappa shape index (κ3) is 20.9. The number of ether oxygens (including phenoxy) is 1. The van der Waals surface area contributed by atoms with E-state index < -0.39 is 72.0 Å². The highest BCUT2D eigenvalue weighted by atomic mass is 33.1. The average Bonchev–Trinajstić information content (AvgIpc) is 3.45. The zero-order chi connectivity index (χ0) is 41.9. The Morgan fingerprint density at radius 1 is 1.02 bits per heavy atom. The summed E-state index contributed by atoms with van der Waals surface area (Å²) in [4.78, 5) is 86.9. The molecule has 2 rings (SSSR count). The average molecular weight is 917 g/mol. The summed E-state index contributed by atoms with van der Waals surface area (Å²) in [5, 5.41) is 36.2. The third-order valence-electron chi connectivity index (χ3n) is 7.05. The lowest BCUT2D eigenvalue weighted by atomic mass is 10.2. The molecule has 1 aromatic rings. The van der Waals surface area contributed by atoms with Crippen LogP contribution in [0.1, 0.15) is 50.8 Å². The van der Waals surface area contributed by atoms with Crippen LogP contribution in [-0.4, -0.2) is 123 Å². The number of aromatic amines is 1. The number of aliphatic hydroxyl groups is 3. The van der Waals surface area contributed by atoms with Crippen molar-refractivity contribution in [1.82, 2.24) is 20.2 Å². The number of nitrogens with zero attached hydrogens (tertiary/aromatic N) is 1. The van der Waals surface area contributed by atoms with E-state index >= 15 is 0 Å². The molecule has 1 aliphatic heterocycles. The van der Waals surface area contributed by atoms with Crippen LogP contribution in [0.5, 0.6) is 0 Å². The number of carbonyl (C=O) groups excluding carboxylic acids is 2. The summed E-state index contributed by atoms with van der Waals surface area (Å²) in [6.07, 6.45) is 3.56. The molecule has 28 heteroatoms. The number of rotatable bonds is 27. The van der Waals surface area contributed by atoms with E-state index in [2.05, 4.69) is 28.8 Å². The van der Waals surface area contributed by atoms with Gasteiger partial charge in [0.15, 0.2) is 0 Å². The first-order chi connectivity index (χ1) is 26.2. The van der Waals surface area contributed by atoms with E-state index in [9.17, 15) is 58.0 Å².